The lowest BCUT2D eigenvalue weighted by molar-refractivity contribution is 0.327. The topological polar surface area (TPSA) is 48.1 Å². The van der Waals surface area contributed by atoms with Gasteiger partial charge in [0, 0.05) is 23.3 Å². The van der Waals surface area contributed by atoms with Crippen LogP contribution in [0.25, 0.3) is 11.3 Å². The summed E-state index contributed by atoms with van der Waals surface area (Å²) >= 11 is 1.65. The molecular weight excluding hydrogens is 251 g/mol. The van der Waals surface area contributed by atoms with Crippen molar-refractivity contribution in [3.8, 4) is 17.0 Å². The van der Waals surface area contributed by atoms with E-state index in [2.05, 4.69) is 4.98 Å². The van der Waals surface area contributed by atoms with E-state index in [1.54, 1.807) is 17.4 Å². The Hall–Kier alpha value is -1.46. The molecule has 0 bridgehead atoms. The lowest BCUT2D eigenvalue weighted by Crippen LogP contribution is -2.02. The molecule has 0 saturated heterocycles. The number of halogens is 1. The van der Waals surface area contributed by atoms with Crippen molar-refractivity contribution in [2.24, 2.45) is 5.73 Å². The van der Waals surface area contributed by atoms with Crippen LogP contribution in [0.5, 0.6) is 5.75 Å². The summed E-state index contributed by atoms with van der Waals surface area (Å²) in [5, 5.41) is 1.01. The molecule has 0 aliphatic carbocycles. The van der Waals surface area contributed by atoms with Crippen molar-refractivity contribution in [2.75, 3.05) is 13.2 Å². The average Bonchev–Trinajstić information content (AvgIpc) is 2.67. The zero-order chi connectivity index (χ0) is 12.5. The summed E-state index contributed by atoms with van der Waals surface area (Å²) in [5.41, 5.74) is 7.16. The van der Waals surface area contributed by atoms with Gasteiger partial charge in [0.2, 0.25) is 0 Å². The minimum atomic E-state index is -0.265. The van der Waals surface area contributed by atoms with Crippen molar-refractivity contribution in [3.05, 3.63) is 33.9 Å². The first-order valence-electron chi connectivity index (χ1n) is 5.89. The Morgan fingerprint density at radius 2 is 2.33 bits per heavy atom. The van der Waals surface area contributed by atoms with Gasteiger partial charge < -0.3 is 10.5 Å². The van der Waals surface area contributed by atoms with Gasteiger partial charge >= 0.3 is 0 Å². The predicted octanol–water partition coefficient (Wildman–Crippen LogP) is 2.39. The van der Waals surface area contributed by atoms with Gasteiger partial charge in [0.25, 0.3) is 0 Å². The number of nitrogens with two attached hydrogens (primary N) is 1. The maximum atomic E-state index is 13.4. The van der Waals surface area contributed by atoms with E-state index >= 15 is 0 Å². The van der Waals surface area contributed by atoms with Gasteiger partial charge in [0.1, 0.15) is 11.6 Å². The molecule has 0 fully saturated rings. The largest absolute Gasteiger partial charge is 0.493 e. The van der Waals surface area contributed by atoms with Crippen molar-refractivity contribution in [2.45, 2.75) is 12.8 Å². The summed E-state index contributed by atoms with van der Waals surface area (Å²) in [4.78, 5) is 5.73. The second-order valence-electron chi connectivity index (χ2n) is 4.16. The van der Waals surface area contributed by atoms with Gasteiger partial charge in [-0.15, -0.1) is 11.3 Å². The Morgan fingerprint density at radius 3 is 3.17 bits per heavy atom. The van der Waals surface area contributed by atoms with Gasteiger partial charge in [0.05, 0.1) is 17.3 Å². The smallest absolute Gasteiger partial charge is 0.128 e. The van der Waals surface area contributed by atoms with Crippen LogP contribution in [0.3, 0.4) is 0 Å². The van der Waals surface area contributed by atoms with E-state index in [-0.39, 0.29) is 5.82 Å². The van der Waals surface area contributed by atoms with Crippen LogP contribution >= 0.6 is 11.3 Å². The molecule has 5 heteroatoms. The number of fused-ring (bicyclic) bond motifs is 3. The fourth-order valence-electron chi connectivity index (χ4n) is 2.08. The first kappa shape index (κ1) is 11.6. The van der Waals surface area contributed by atoms with Crippen LogP contribution in [0, 0.1) is 5.82 Å². The molecule has 0 amide bonds. The molecule has 18 heavy (non-hydrogen) atoms. The molecule has 3 rings (SSSR count). The second-order valence-corrected chi connectivity index (χ2v) is 5.33. The molecule has 0 atom stereocenters. The lowest BCUT2D eigenvalue weighted by Gasteiger charge is -2.06. The number of hydrogen-bond acceptors (Lipinski definition) is 4. The number of nitrogens with zero attached hydrogens (tertiary/aromatic N) is 1. The summed E-state index contributed by atoms with van der Waals surface area (Å²) in [6.07, 6.45) is 1.58. The third-order valence-electron chi connectivity index (χ3n) is 2.88. The molecule has 0 spiro atoms. The van der Waals surface area contributed by atoms with Gasteiger partial charge in [-0.2, -0.15) is 0 Å². The number of rotatable bonds is 2. The summed E-state index contributed by atoms with van der Waals surface area (Å²) in [6.45, 7) is 1.19. The molecule has 2 aromatic rings. The molecule has 2 N–H and O–H groups in total. The van der Waals surface area contributed by atoms with Crippen LogP contribution in [-0.4, -0.2) is 18.1 Å². The predicted molar refractivity (Wildman–Crippen MR) is 69.5 cm³/mol. The molecule has 1 aliphatic heterocycles. The van der Waals surface area contributed by atoms with Crippen LogP contribution in [0.2, 0.25) is 0 Å². The van der Waals surface area contributed by atoms with E-state index in [0.29, 0.717) is 18.9 Å². The molecule has 3 nitrogen and oxygen atoms in total. The van der Waals surface area contributed by atoms with Crippen LogP contribution in [0.15, 0.2) is 18.2 Å². The summed E-state index contributed by atoms with van der Waals surface area (Å²) < 4.78 is 19.0. The molecule has 1 aromatic carbocycles. The van der Waals surface area contributed by atoms with Gasteiger partial charge in [0.15, 0.2) is 0 Å². The SMILES string of the molecule is NCCc1nc2c(s1)CCOc1ccc(F)cc1-2. The molecular formula is C13H13FN2OS. The highest BCUT2D eigenvalue weighted by Crippen LogP contribution is 2.37. The second kappa shape index (κ2) is 4.66. The summed E-state index contributed by atoms with van der Waals surface area (Å²) in [7, 11) is 0. The first-order chi connectivity index (χ1) is 8.78. The Morgan fingerprint density at radius 1 is 1.44 bits per heavy atom. The number of thiazole rings is 1. The van der Waals surface area contributed by atoms with Crippen molar-refractivity contribution in [1.29, 1.82) is 0 Å². The highest BCUT2D eigenvalue weighted by atomic mass is 32.1. The average molecular weight is 264 g/mol. The van der Waals surface area contributed by atoms with Gasteiger partial charge in [-0.25, -0.2) is 9.37 Å². The fourth-order valence-corrected chi connectivity index (χ4v) is 3.16. The van der Waals surface area contributed by atoms with Crippen molar-refractivity contribution in [3.63, 3.8) is 0 Å². The summed E-state index contributed by atoms with van der Waals surface area (Å²) in [5.74, 6) is 0.443. The van der Waals surface area contributed by atoms with E-state index < -0.39 is 0 Å². The quantitative estimate of drug-likeness (QED) is 0.906. The first-order valence-corrected chi connectivity index (χ1v) is 6.71. The van der Waals surface area contributed by atoms with Gasteiger partial charge in [-0.1, -0.05) is 0 Å². The fraction of sp³-hybridized carbons (Fsp3) is 0.308. The third kappa shape index (κ3) is 2.00. The lowest BCUT2D eigenvalue weighted by atomic mass is 10.1. The third-order valence-corrected chi connectivity index (χ3v) is 4.06. The van der Waals surface area contributed by atoms with Crippen LogP contribution in [0.1, 0.15) is 9.88 Å². The van der Waals surface area contributed by atoms with Crippen LogP contribution < -0.4 is 10.5 Å². The zero-order valence-electron chi connectivity index (χ0n) is 9.78. The molecule has 0 unspecified atom stereocenters. The maximum absolute atomic E-state index is 13.4. The molecule has 2 heterocycles. The molecule has 0 saturated carbocycles. The monoisotopic (exact) mass is 264 g/mol. The number of ether oxygens (including phenoxy) is 1. The van der Waals surface area contributed by atoms with Crippen molar-refractivity contribution in [1.82, 2.24) is 4.98 Å². The Bertz CT molecular complexity index is 582. The highest BCUT2D eigenvalue weighted by molar-refractivity contribution is 7.12. The van der Waals surface area contributed by atoms with E-state index in [1.807, 2.05) is 0 Å². The Balaban J connectivity index is 2.13. The van der Waals surface area contributed by atoms with Crippen molar-refractivity contribution < 1.29 is 9.13 Å². The molecule has 94 valence electrons. The maximum Gasteiger partial charge on any atom is 0.128 e. The van der Waals surface area contributed by atoms with E-state index in [0.717, 1.165) is 34.0 Å². The minimum absolute atomic E-state index is 0.265. The van der Waals surface area contributed by atoms with Gasteiger partial charge in [-0.3, -0.25) is 0 Å². The zero-order valence-corrected chi connectivity index (χ0v) is 10.6. The highest BCUT2D eigenvalue weighted by Gasteiger charge is 2.20. The summed E-state index contributed by atoms with van der Waals surface area (Å²) in [6, 6.07) is 4.57. The molecule has 1 aromatic heterocycles. The number of benzene rings is 1. The van der Waals surface area contributed by atoms with E-state index in [9.17, 15) is 4.39 Å². The Kier molecular flexibility index (Phi) is 3.01. The van der Waals surface area contributed by atoms with Crippen molar-refractivity contribution >= 4 is 11.3 Å². The van der Waals surface area contributed by atoms with Gasteiger partial charge in [-0.05, 0) is 24.7 Å². The normalized spacial score (nSPS) is 13.4. The van der Waals surface area contributed by atoms with E-state index in [1.165, 1.54) is 12.1 Å². The standard InChI is InChI=1S/C13H13FN2OS/c14-8-1-2-10-9(7-8)13-11(4-6-17-10)18-12(16-13)3-5-15/h1-2,7H,3-6,15H2. The van der Waals surface area contributed by atoms with Crippen LogP contribution in [0.4, 0.5) is 4.39 Å². The van der Waals surface area contributed by atoms with E-state index in [4.69, 9.17) is 10.5 Å². The Labute approximate surface area is 108 Å². The number of aromatic nitrogens is 1. The number of hydrogen-bond donors (Lipinski definition) is 1. The molecule has 0 radical (unpaired) electrons. The minimum Gasteiger partial charge on any atom is -0.493 e. The molecule has 1 aliphatic rings. The van der Waals surface area contributed by atoms with Crippen LogP contribution in [-0.2, 0) is 12.8 Å².